The lowest BCUT2D eigenvalue weighted by Crippen LogP contribution is -2.37. The van der Waals surface area contributed by atoms with E-state index in [1.54, 1.807) is 18.4 Å². The highest BCUT2D eigenvalue weighted by atomic mass is 32.1. The molecule has 0 amide bonds. The Kier molecular flexibility index (Phi) is 4.36. The van der Waals surface area contributed by atoms with Gasteiger partial charge in [-0.25, -0.2) is 4.98 Å². The van der Waals surface area contributed by atoms with E-state index in [4.69, 9.17) is 10.5 Å². The smallest absolute Gasteiger partial charge is 0.185 e. The molecule has 0 aliphatic carbocycles. The number of ether oxygens (including phenoxy) is 1. The van der Waals surface area contributed by atoms with Gasteiger partial charge in [-0.05, 0) is 25.7 Å². The number of rotatable bonds is 4. The standard InChI is InChI=1S/C12H21N3OS/c1-9(13)11-6-14-12(17-11)15-5-3-4-10(7-15)8-16-2/h6,9-10H,3-5,7-8,13H2,1-2H3. The van der Waals surface area contributed by atoms with E-state index < -0.39 is 0 Å². The highest BCUT2D eigenvalue weighted by Crippen LogP contribution is 2.29. The molecular weight excluding hydrogens is 234 g/mol. The molecule has 0 bridgehead atoms. The maximum Gasteiger partial charge on any atom is 0.185 e. The highest BCUT2D eigenvalue weighted by Gasteiger charge is 2.22. The van der Waals surface area contributed by atoms with Crippen molar-refractivity contribution in [1.82, 2.24) is 4.98 Å². The SMILES string of the molecule is COCC1CCCN(c2ncc(C(C)N)s2)C1. The van der Waals surface area contributed by atoms with Crippen LogP contribution in [0.5, 0.6) is 0 Å². The fourth-order valence-corrected chi connectivity index (χ4v) is 3.15. The van der Waals surface area contributed by atoms with E-state index in [1.807, 2.05) is 13.1 Å². The average molecular weight is 255 g/mol. The topological polar surface area (TPSA) is 51.4 Å². The van der Waals surface area contributed by atoms with E-state index in [1.165, 1.54) is 12.8 Å². The van der Waals surface area contributed by atoms with E-state index >= 15 is 0 Å². The lowest BCUT2D eigenvalue weighted by Gasteiger charge is -2.32. The fourth-order valence-electron chi connectivity index (χ4n) is 2.24. The minimum absolute atomic E-state index is 0.0841. The van der Waals surface area contributed by atoms with Crippen molar-refractivity contribution < 1.29 is 4.74 Å². The van der Waals surface area contributed by atoms with Crippen molar-refractivity contribution in [3.63, 3.8) is 0 Å². The molecule has 2 atom stereocenters. The van der Waals surface area contributed by atoms with Gasteiger partial charge in [0.1, 0.15) is 0 Å². The first-order valence-electron chi connectivity index (χ1n) is 6.16. The largest absolute Gasteiger partial charge is 0.384 e. The number of aromatic nitrogens is 1. The van der Waals surface area contributed by atoms with Crippen LogP contribution in [0.4, 0.5) is 5.13 Å². The summed E-state index contributed by atoms with van der Waals surface area (Å²) in [5.74, 6) is 0.636. The first-order chi connectivity index (χ1) is 8.20. The second-order valence-electron chi connectivity index (χ2n) is 4.74. The van der Waals surface area contributed by atoms with Crippen LogP contribution in [0, 0.1) is 5.92 Å². The Hall–Kier alpha value is -0.650. The molecule has 0 spiro atoms. The molecule has 96 valence electrons. The number of hydrogen-bond acceptors (Lipinski definition) is 5. The molecular formula is C12H21N3OS. The number of nitrogens with two attached hydrogens (primary N) is 1. The molecule has 2 unspecified atom stereocenters. The van der Waals surface area contributed by atoms with Gasteiger partial charge in [0.05, 0.1) is 6.61 Å². The van der Waals surface area contributed by atoms with Gasteiger partial charge in [0.25, 0.3) is 0 Å². The molecule has 2 rings (SSSR count). The van der Waals surface area contributed by atoms with E-state index in [0.29, 0.717) is 5.92 Å². The molecule has 4 nitrogen and oxygen atoms in total. The summed E-state index contributed by atoms with van der Waals surface area (Å²) in [5, 5.41) is 1.11. The predicted octanol–water partition coefficient (Wildman–Crippen LogP) is 2.03. The third-order valence-electron chi connectivity index (χ3n) is 3.15. The quantitative estimate of drug-likeness (QED) is 0.894. The number of anilines is 1. The molecule has 1 fully saturated rings. The van der Waals surface area contributed by atoms with Crippen LogP contribution in [0.1, 0.15) is 30.7 Å². The molecule has 2 heterocycles. The van der Waals surface area contributed by atoms with Gasteiger partial charge in [-0.3, -0.25) is 0 Å². The van der Waals surface area contributed by atoms with Gasteiger partial charge in [0.15, 0.2) is 5.13 Å². The summed E-state index contributed by atoms with van der Waals surface area (Å²) in [7, 11) is 1.77. The van der Waals surface area contributed by atoms with Crippen molar-refractivity contribution in [3.05, 3.63) is 11.1 Å². The van der Waals surface area contributed by atoms with Gasteiger partial charge in [-0.1, -0.05) is 0 Å². The third-order valence-corrected chi connectivity index (χ3v) is 4.41. The summed E-state index contributed by atoms with van der Waals surface area (Å²) in [6.07, 6.45) is 4.39. The molecule has 0 radical (unpaired) electrons. The Morgan fingerprint density at radius 3 is 3.18 bits per heavy atom. The number of thiazole rings is 1. The van der Waals surface area contributed by atoms with Gasteiger partial charge in [-0.2, -0.15) is 0 Å². The molecule has 1 aliphatic heterocycles. The van der Waals surface area contributed by atoms with Crippen LogP contribution in [0.25, 0.3) is 0 Å². The molecule has 0 saturated carbocycles. The molecule has 2 N–H and O–H groups in total. The number of methoxy groups -OCH3 is 1. The molecule has 0 aromatic carbocycles. The van der Waals surface area contributed by atoms with Gasteiger partial charge in [0, 0.05) is 37.3 Å². The van der Waals surface area contributed by atoms with Crippen molar-refractivity contribution in [2.24, 2.45) is 11.7 Å². The number of hydrogen-bond donors (Lipinski definition) is 1. The second kappa shape index (κ2) is 5.80. The van der Waals surface area contributed by atoms with Crippen molar-refractivity contribution in [2.75, 3.05) is 31.7 Å². The fraction of sp³-hybridized carbons (Fsp3) is 0.750. The van der Waals surface area contributed by atoms with E-state index in [0.717, 1.165) is 29.7 Å². The van der Waals surface area contributed by atoms with Crippen LogP contribution in [0.3, 0.4) is 0 Å². The minimum atomic E-state index is 0.0841. The highest BCUT2D eigenvalue weighted by molar-refractivity contribution is 7.15. The minimum Gasteiger partial charge on any atom is -0.384 e. The van der Waals surface area contributed by atoms with Crippen molar-refractivity contribution in [1.29, 1.82) is 0 Å². The lowest BCUT2D eigenvalue weighted by molar-refractivity contribution is 0.143. The third kappa shape index (κ3) is 3.18. The van der Waals surface area contributed by atoms with Crippen LogP contribution in [-0.2, 0) is 4.74 Å². The number of nitrogens with zero attached hydrogens (tertiary/aromatic N) is 2. The average Bonchev–Trinajstić information content (AvgIpc) is 2.79. The van der Waals surface area contributed by atoms with E-state index in [2.05, 4.69) is 9.88 Å². The summed E-state index contributed by atoms with van der Waals surface area (Å²) in [6.45, 7) is 5.01. The van der Waals surface area contributed by atoms with Crippen LogP contribution in [0.15, 0.2) is 6.20 Å². The van der Waals surface area contributed by atoms with E-state index in [-0.39, 0.29) is 6.04 Å². The molecule has 1 saturated heterocycles. The van der Waals surface area contributed by atoms with Crippen LogP contribution < -0.4 is 10.6 Å². The van der Waals surface area contributed by atoms with Crippen molar-refractivity contribution in [2.45, 2.75) is 25.8 Å². The Morgan fingerprint density at radius 1 is 1.71 bits per heavy atom. The summed E-state index contributed by atoms with van der Waals surface area (Å²) < 4.78 is 5.25. The normalized spacial score (nSPS) is 22.8. The first-order valence-corrected chi connectivity index (χ1v) is 6.97. The van der Waals surface area contributed by atoms with Crippen molar-refractivity contribution >= 4 is 16.5 Å². The van der Waals surface area contributed by atoms with Gasteiger partial charge >= 0.3 is 0 Å². The van der Waals surface area contributed by atoms with E-state index in [9.17, 15) is 0 Å². The Labute approximate surface area is 107 Å². The number of piperidine rings is 1. The van der Waals surface area contributed by atoms with Crippen molar-refractivity contribution in [3.8, 4) is 0 Å². The second-order valence-corrected chi connectivity index (χ2v) is 5.78. The molecule has 17 heavy (non-hydrogen) atoms. The summed E-state index contributed by atoms with van der Waals surface area (Å²) in [5.41, 5.74) is 5.86. The Morgan fingerprint density at radius 2 is 2.53 bits per heavy atom. The van der Waals surface area contributed by atoms with Crippen LogP contribution in [-0.4, -0.2) is 31.8 Å². The predicted molar refractivity (Wildman–Crippen MR) is 71.5 cm³/mol. The monoisotopic (exact) mass is 255 g/mol. The van der Waals surface area contributed by atoms with Gasteiger partial charge in [-0.15, -0.1) is 11.3 Å². The zero-order valence-electron chi connectivity index (χ0n) is 10.6. The van der Waals surface area contributed by atoms with Gasteiger partial charge < -0.3 is 15.4 Å². The zero-order valence-corrected chi connectivity index (χ0v) is 11.4. The lowest BCUT2D eigenvalue weighted by atomic mass is 9.99. The van der Waals surface area contributed by atoms with Crippen LogP contribution >= 0.6 is 11.3 Å². The summed E-state index contributed by atoms with van der Waals surface area (Å²) >= 11 is 1.72. The summed E-state index contributed by atoms with van der Waals surface area (Å²) in [6, 6.07) is 0.0841. The maximum atomic E-state index is 5.86. The maximum absolute atomic E-state index is 5.86. The molecule has 1 aromatic heterocycles. The molecule has 1 aliphatic rings. The first kappa shape index (κ1) is 12.8. The Bertz CT molecular complexity index is 351. The van der Waals surface area contributed by atoms with Crippen LogP contribution in [0.2, 0.25) is 0 Å². The summed E-state index contributed by atoms with van der Waals surface area (Å²) in [4.78, 5) is 8.01. The van der Waals surface area contributed by atoms with Gasteiger partial charge in [0.2, 0.25) is 0 Å². The zero-order chi connectivity index (χ0) is 12.3. The molecule has 5 heteroatoms. The Balaban J connectivity index is 2.00. The molecule has 1 aromatic rings.